The third-order valence-corrected chi connectivity index (χ3v) is 7.04. The molecule has 10 nitrogen and oxygen atoms in total. The molecule has 0 aliphatic carbocycles. The predicted octanol–water partition coefficient (Wildman–Crippen LogP) is 1.67. The number of carbonyl (C=O) groups is 1. The Morgan fingerprint density at radius 3 is 2.91 bits per heavy atom. The van der Waals surface area contributed by atoms with Crippen molar-refractivity contribution in [3.8, 4) is 0 Å². The largest absolute Gasteiger partial charge is 0.354 e. The number of benzene rings is 1. The van der Waals surface area contributed by atoms with Crippen molar-refractivity contribution in [2.24, 2.45) is 0 Å². The normalized spacial score (nSPS) is 14.9. The summed E-state index contributed by atoms with van der Waals surface area (Å²) in [6, 6.07) is 9.28. The summed E-state index contributed by atoms with van der Waals surface area (Å²) < 4.78 is 4.79. The molecule has 0 saturated carbocycles. The Balaban J connectivity index is 1.21. The number of hydrogen-bond acceptors (Lipinski definition) is 7. The molecule has 1 unspecified atom stereocenters. The van der Waals surface area contributed by atoms with Gasteiger partial charge in [0.05, 0.1) is 25.3 Å². The maximum absolute atomic E-state index is 12.9. The molecule has 0 bridgehead atoms. The van der Waals surface area contributed by atoms with Crippen molar-refractivity contribution in [2.45, 2.75) is 44.6 Å². The SMILES string of the molecule is Cc1cccc(Cn2cnc3c(cnn3CCNC(=O)CC3CSc4nc(C)cc(=O)n43)c2=O)c1. The molecule has 1 atom stereocenters. The number of aryl methyl sites for hydroxylation is 2. The molecule has 1 aromatic carbocycles. The summed E-state index contributed by atoms with van der Waals surface area (Å²) in [6.07, 6.45) is 3.26. The maximum atomic E-state index is 12.9. The number of rotatable bonds is 7. The molecule has 1 N–H and O–H groups in total. The molecule has 0 saturated heterocycles. The molecule has 0 radical (unpaired) electrons. The van der Waals surface area contributed by atoms with Crippen molar-refractivity contribution in [2.75, 3.05) is 12.3 Å². The van der Waals surface area contributed by atoms with Gasteiger partial charge in [-0.2, -0.15) is 5.10 Å². The Bertz CT molecular complexity index is 1540. The first-order chi connectivity index (χ1) is 16.9. The molecule has 1 amide bonds. The van der Waals surface area contributed by atoms with Crippen LogP contribution in [0.25, 0.3) is 11.0 Å². The Labute approximate surface area is 205 Å². The van der Waals surface area contributed by atoms with Crippen molar-refractivity contribution in [3.63, 3.8) is 0 Å². The van der Waals surface area contributed by atoms with E-state index in [0.717, 1.165) is 11.1 Å². The first-order valence-electron chi connectivity index (χ1n) is 11.4. The van der Waals surface area contributed by atoms with Crippen molar-refractivity contribution in [3.05, 3.63) is 80.4 Å². The second-order valence-corrected chi connectivity index (χ2v) is 9.67. The Morgan fingerprint density at radius 2 is 2.09 bits per heavy atom. The van der Waals surface area contributed by atoms with E-state index in [1.807, 2.05) is 31.2 Å². The van der Waals surface area contributed by atoms with E-state index in [1.165, 1.54) is 30.4 Å². The lowest BCUT2D eigenvalue weighted by molar-refractivity contribution is -0.121. The summed E-state index contributed by atoms with van der Waals surface area (Å²) >= 11 is 1.49. The lowest BCUT2D eigenvalue weighted by Crippen LogP contribution is -2.32. The van der Waals surface area contributed by atoms with Gasteiger partial charge in [0.2, 0.25) is 5.91 Å². The van der Waals surface area contributed by atoms with Gasteiger partial charge in [-0.25, -0.2) is 14.6 Å². The first-order valence-corrected chi connectivity index (χ1v) is 12.3. The van der Waals surface area contributed by atoms with Gasteiger partial charge in [0, 0.05) is 30.5 Å². The van der Waals surface area contributed by atoms with Gasteiger partial charge in [-0.1, -0.05) is 41.6 Å². The van der Waals surface area contributed by atoms with Crippen LogP contribution in [0.4, 0.5) is 0 Å². The summed E-state index contributed by atoms with van der Waals surface area (Å²) in [5.41, 5.74) is 3.05. The highest BCUT2D eigenvalue weighted by molar-refractivity contribution is 7.99. The molecule has 1 aliphatic heterocycles. The van der Waals surface area contributed by atoms with Crippen molar-refractivity contribution >= 4 is 28.7 Å². The van der Waals surface area contributed by atoms with E-state index in [9.17, 15) is 14.4 Å². The van der Waals surface area contributed by atoms with Crippen molar-refractivity contribution in [1.82, 2.24) is 34.2 Å². The second kappa shape index (κ2) is 9.49. The number of nitrogens with one attached hydrogen (secondary N) is 1. The molecular formula is C24H25N7O3S. The highest BCUT2D eigenvalue weighted by atomic mass is 32.2. The van der Waals surface area contributed by atoms with Crippen LogP contribution in [-0.4, -0.2) is 47.1 Å². The van der Waals surface area contributed by atoms with Gasteiger partial charge in [-0.3, -0.25) is 23.5 Å². The summed E-state index contributed by atoms with van der Waals surface area (Å²) in [6.45, 7) is 4.94. The average molecular weight is 492 g/mol. The minimum absolute atomic E-state index is 0.127. The zero-order valence-corrected chi connectivity index (χ0v) is 20.3. The topological polar surface area (TPSA) is 117 Å². The molecule has 11 heteroatoms. The summed E-state index contributed by atoms with van der Waals surface area (Å²) in [4.78, 5) is 46.6. The lowest BCUT2D eigenvalue weighted by Gasteiger charge is -2.13. The standard InChI is InChI=1S/C24H25N7O3S/c1-15-4-3-5-17(8-15)12-29-14-26-22-19(23(29)34)11-27-30(22)7-6-25-20(32)10-18-13-35-24-28-16(2)9-21(33)31(18)24/h3-5,8-9,11,14,18H,6-7,10,12-13H2,1-2H3,(H,25,32). The molecule has 0 spiro atoms. The lowest BCUT2D eigenvalue weighted by atomic mass is 10.1. The highest BCUT2D eigenvalue weighted by Gasteiger charge is 2.27. The summed E-state index contributed by atoms with van der Waals surface area (Å²) in [5, 5.41) is 8.28. The van der Waals surface area contributed by atoms with E-state index in [-0.39, 0.29) is 29.5 Å². The van der Waals surface area contributed by atoms with E-state index in [2.05, 4.69) is 20.4 Å². The number of amides is 1. The number of hydrogen-bond donors (Lipinski definition) is 1. The van der Waals surface area contributed by atoms with Gasteiger partial charge < -0.3 is 5.32 Å². The van der Waals surface area contributed by atoms with Crippen LogP contribution in [0.3, 0.4) is 0 Å². The predicted molar refractivity (Wildman–Crippen MR) is 133 cm³/mol. The smallest absolute Gasteiger partial charge is 0.264 e. The highest BCUT2D eigenvalue weighted by Crippen LogP contribution is 2.31. The molecular weight excluding hydrogens is 466 g/mol. The van der Waals surface area contributed by atoms with Crippen molar-refractivity contribution in [1.29, 1.82) is 0 Å². The zero-order chi connectivity index (χ0) is 24.5. The van der Waals surface area contributed by atoms with E-state index < -0.39 is 0 Å². The van der Waals surface area contributed by atoms with Crippen LogP contribution in [0.2, 0.25) is 0 Å². The Morgan fingerprint density at radius 1 is 1.23 bits per heavy atom. The molecule has 1 aliphatic rings. The van der Waals surface area contributed by atoms with E-state index in [0.29, 0.717) is 47.3 Å². The van der Waals surface area contributed by atoms with Gasteiger partial charge in [-0.05, 0) is 19.4 Å². The Kier molecular flexibility index (Phi) is 6.25. The molecule has 5 rings (SSSR count). The van der Waals surface area contributed by atoms with Gasteiger partial charge in [0.15, 0.2) is 10.8 Å². The average Bonchev–Trinajstić information content (AvgIpc) is 3.40. The number of carbonyl (C=O) groups excluding carboxylic acids is 1. The zero-order valence-electron chi connectivity index (χ0n) is 19.5. The monoisotopic (exact) mass is 491 g/mol. The molecule has 3 aromatic heterocycles. The third-order valence-electron chi connectivity index (χ3n) is 5.94. The minimum Gasteiger partial charge on any atom is -0.354 e. The number of fused-ring (bicyclic) bond motifs is 2. The number of aromatic nitrogens is 6. The Hall–Kier alpha value is -3.73. The third kappa shape index (κ3) is 4.76. The molecule has 35 heavy (non-hydrogen) atoms. The van der Waals surface area contributed by atoms with Gasteiger partial charge in [-0.15, -0.1) is 0 Å². The molecule has 4 heterocycles. The number of nitrogens with zero attached hydrogens (tertiary/aromatic N) is 6. The fourth-order valence-corrected chi connectivity index (χ4v) is 5.48. The fraction of sp³-hybridized carbons (Fsp3) is 0.333. The van der Waals surface area contributed by atoms with E-state index in [1.54, 1.807) is 20.7 Å². The van der Waals surface area contributed by atoms with Gasteiger partial charge in [0.25, 0.3) is 11.1 Å². The maximum Gasteiger partial charge on any atom is 0.264 e. The van der Waals surface area contributed by atoms with Crippen LogP contribution >= 0.6 is 11.8 Å². The van der Waals surface area contributed by atoms with Crippen LogP contribution in [0.1, 0.15) is 29.3 Å². The van der Waals surface area contributed by atoms with E-state index >= 15 is 0 Å². The van der Waals surface area contributed by atoms with Crippen LogP contribution in [0.5, 0.6) is 0 Å². The quantitative estimate of drug-likeness (QED) is 0.391. The van der Waals surface area contributed by atoms with Crippen LogP contribution in [0, 0.1) is 13.8 Å². The van der Waals surface area contributed by atoms with E-state index in [4.69, 9.17) is 0 Å². The van der Waals surface area contributed by atoms with Gasteiger partial charge in [0.1, 0.15) is 11.7 Å². The van der Waals surface area contributed by atoms with Crippen LogP contribution < -0.4 is 16.4 Å². The van der Waals surface area contributed by atoms with Gasteiger partial charge >= 0.3 is 0 Å². The minimum atomic E-state index is -0.213. The van der Waals surface area contributed by atoms with Crippen molar-refractivity contribution < 1.29 is 4.79 Å². The fourth-order valence-electron chi connectivity index (χ4n) is 4.28. The molecule has 180 valence electrons. The molecule has 0 fully saturated rings. The second-order valence-electron chi connectivity index (χ2n) is 8.68. The molecule has 4 aromatic rings. The number of thioether (sulfide) groups is 1. The van der Waals surface area contributed by atoms with Crippen LogP contribution in [0.15, 0.2) is 57.6 Å². The first kappa shape index (κ1) is 23.0. The summed E-state index contributed by atoms with van der Waals surface area (Å²) in [5.74, 6) is 0.489. The summed E-state index contributed by atoms with van der Waals surface area (Å²) in [7, 11) is 0. The van der Waals surface area contributed by atoms with Crippen LogP contribution in [-0.2, 0) is 17.9 Å².